The van der Waals surface area contributed by atoms with Crippen molar-refractivity contribution in [3.05, 3.63) is 29.3 Å². The summed E-state index contributed by atoms with van der Waals surface area (Å²) < 4.78 is 43.6. The van der Waals surface area contributed by atoms with Crippen LogP contribution >= 0.6 is 0 Å². The maximum absolute atomic E-state index is 12.7. The Kier molecular flexibility index (Phi) is 4.58. The van der Waals surface area contributed by atoms with Crippen LogP contribution in [0.2, 0.25) is 0 Å². The maximum Gasteiger partial charge on any atom is 0.416 e. The summed E-state index contributed by atoms with van der Waals surface area (Å²) in [5, 5.41) is 3.25. The van der Waals surface area contributed by atoms with E-state index in [0.717, 1.165) is 37.3 Å². The summed E-state index contributed by atoms with van der Waals surface area (Å²) in [6.45, 7) is 1.82. The molecule has 1 N–H and O–H groups in total. The number of hydrogen-bond donors (Lipinski definition) is 1. The Morgan fingerprint density at radius 2 is 2.00 bits per heavy atom. The molecular formula is C15H20F3NO. The van der Waals surface area contributed by atoms with E-state index in [9.17, 15) is 13.2 Å². The van der Waals surface area contributed by atoms with E-state index in [1.165, 1.54) is 12.1 Å². The van der Waals surface area contributed by atoms with E-state index in [1.54, 1.807) is 7.11 Å². The second-order valence-corrected chi connectivity index (χ2v) is 5.39. The Labute approximate surface area is 117 Å². The average Bonchev–Trinajstić information content (AvgIpc) is 2.40. The zero-order chi connectivity index (χ0) is 14.8. The number of aryl methyl sites for hydroxylation is 1. The van der Waals surface area contributed by atoms with Gasteiger partial charge in [0.2, 0.25) is 0 Å². The van der Waals surface area contributed by atoms with E-state index in [2.05, 4.69) is 5.32 Å². The Hall–Kier alpha value is -1.23. The molecule has 1 saturated carbocycles. The molecule has 1 aromatic carbocycles. The fourth-order valence-electron chi connectivity index (χ4n) is 2.66. The Morgan fingerprint density at radius 3 is 2.65 bits per heavy atom. The summed E-state index contributed by atoms with van der Waals surface area (Å²) >= 11 is 0. The summed E-state index contributed by atoms with van der Waals surface area (Å²) in [5.74, 6) is 0. The number of halogens is 3. The molecule has 0 radical (unpaired) electrons. The molecule has 0 amide bonds. The lowest BCUT2D eigenvalue weighted by atomic mass is 9.92. The summed E-state index contributed by atoms with van der Waals surface area (Å²) in [4.78, 5) is 0. The lowest BCUT2D eigenvalue weighted by Gasteiger charge is -2.30. The van der Waals surface area contributed by atoms with Crippen LogP contribution in [-0.4, -0.2) is 19.3 Å². The minimum atomic E-state index is -4.30. The number of nitrogens with one attached hydrogen (secondary N) is 1. The molecule has 0 aromatic heterocycles. The molecule has 1 fully saturated rings. The van der Waals surface area contributed by atoms with Crippen LogP contribution in [0.5, 0.6) is 0 Å². The number of anilines is 1. The van der Waals surface area contributed by atoms with E-state index >= 15 is 0 Å². The first-order valence-electron chi connectivity index (χ1n) is 6.87. The van der Waals surface area contributed by atoms with Crippen LogP contribution in [0.15, 0.2) is 18.2 Å². The first-order chi connectivity index (χ1) is 9.40. The zero-order valence-electron chi connectivity index (χ0n) is 11.8. The monoisotopic (exact) mass is 287 g/mol. The van der Waals surface area contributed by atoms with E-state index < -0.39 is 11.7 Å². The highest BCUT2D eigenvalue weighted by molar-refractivity contribution is 5.54. The van der Waals surface area contributed by atoms with Gasteiger partial charge in [0.15, 0.2) is 0 Å². The molecular weight excluding hydrogens is 267 g/mol. The number of methoxy groups -OCH3 is 1. The number of ether oxygens (including phenoxy) is 1. The van der Waals surface area contributed by atoms with E-state index in [1.807, 2.05) is 6.92 Å². The molecule has 2 unspecified atom stereocenters. The molecule has 1 aromatic rings. The SMILES string of the molecule is COC1CCCC(Nc2cc(C(F)(F)F)ccc2C)C1. The van der Waals surface area contributed by atoms with Gasteiger partial charge in [-0.25, -0.2) is 0 Å². The standard InChI is InChI=1S/C15H20F3NO/c1-10-6-7-11(15(16,17)18)8-14(10)19-12-4-3-5-13(9-12)20-2/h6-8,12-13,19H,3-5,9H2,1-2H3. The van der Waals surface area contributed by atoms with Gasteiger partial charge in [0.05, 0.1) is 11.7 Å². The van der Waals surface area contributed by atoms with Crippen LogP contribution in [0.3, 0.4) is 0 Å². The minimum absolute atomic E-state index is 0.177. The normalized spacial score (nSPS) is 23.6. The van der Waals surface area contributed by atoms with Gasteiger partial charge in [0.1, 0.15) is 0 Å². The lowest BCUT2D eigenvalue weighted by molar-refractivity contribution is -0.137. The van der Waals surface area contributed by atoms with Gasteiger partial charge in [-0.1, -0.05) is 6.07 Å². The predicted molar refractivity (Wildman–Crippen MR) is 72.9 cm³/mol. The van der Waals surface area contributed by atoms with Crippen molar-refractivity contribution in [2.75, 3.05) is 12.4 Å². The van der Waals surface area contributed by atoms with Gasteiger partial charge in [-0.15, -0.1) is 0 Å². The first kappa shape index (κ1) is 15.2. The summed E-state index contributed by atoms with van der Waals surface area (Å²) in [5.41, 5.74) is 0.795. The summed E-state index contributed by atoms with van der Waals surface area (Å²) in [6.07, 6.45) is -0.231. The topological polar surface area (TPSA) is 21.3 Å². The molecule has 2 atom stereocenters. The van der Waals surface area contributed by atoms with Crippen molar-refractivity contribution in [1.82, 2.24) is 0 Å². The van der Waals surface area contributed by atoms with Crippen LogP contribution in [0.25, 0.3) is 0 Å². The molecule has 1 aliphatic carbocycles. The highest BCUT2D eigenvalue weighted by atomic mass is 19.4. The van der Waals surface area contributed by atoms with Gasteiger partial charge < -0.3 is 10.1 Å². The number of alkyl halides is 3. The van der Waals surface area contributed by atoms with Gasteiger partial charge in [-0.05, 0) is 50.3 Å². The molecule has 0 aliphatic heterocycles. The largest absolute Gasteiger partial charge is 0.416 e. The maximum atomic E-state index is 12.7. The quantitative estimate of drug-likeness (QED) is 0.890. The molecule has 0 bridgehead atoms. The fourth-order valence-corrected chi connectivity index (χ4v) is 2.66. The van der Waals surface area contributed by atoms with E-state index in [0.29, 0.717) is 5.69 Å². The van der Waals surface area contributed by atoms with Crippen LogP contribution < -0.4 is 5.32 Å². The van der Waals surface area contributed by atoms with Gasteiger partial charge in [0.25, 0.3) is 0 Å². The second kappa shape index (κ2) is 6.04. The molecule has 0 saturated heterocycles. The van der Waals surface area contributed by atoms with Crippen LogP contribution in [-0.2, 0) is 10.9 Å². The van der Waals surface area contributed by atoms with Crippen molar-refractivity contribution >= 4 is 5.69 Å². The van der Waals surface area contributed by atoms with Crippen molar-refractivity contribution < 1.29 is 17.9 Å². The third-order valence-corrected chi connectivity index (χ3v) is 3.88. The Morgan fingerprint density at radius 1 is 1.25 bits per heavy atom. The number of hydrogen-bond acceptors (Lipinski definition) is 2. The molecule has 5 heteroatoms. The smallest absolute Gasteiger partial charge is 0.382 e. The van der Waals surface area contributed by atoms with Gasteiger partial charge in [-0.3, -0.25) is 0 Å². The summed E-state index contributed by atoms with van der Waals surface area (Å²) in [7, 11) is 1.68. The molecule has 1 aliphatic rings. The van der Waals surface area contributed by atoms with Crippen LogP contribution in [0, 0.1) is 6.92 Å². The highest BCUT2D eigenvalue weighted by Crippen LogP contribution is 2.33. The molecule has 0 spiro atoms. The third-order valence-electron chi connectivity index (χ3n) is 3.88. The molecule has 20 heavy (non-hydrogen) atoms. The zero-order valence-corrected chi connectivity index (χ0v) is 11.8. The predicted octanol–water partition coefficient (Wildman–Crippen LogP) is 4.38. The van der Waals surface area contributed by atoms with E-state index in [4.69, 9.17) is 4.74 Å². The molecule has 2 rings (SSSR count). The van der Waals surface area contributed by atoms with Gasteiger partial charge in [-0.2, -0.15) is 13.2 Å². The van der Waals surface area contributed by atoms with Crippen molar-refractivity contribution in [2.24, 2.45) is 0 Å². The number of benzene rings is 1. The third kappa shape index (κ3) is 3.66. The number of rotatable bonds is 3. The van der Waals surface area contributed by atoms with E-state index in [-0.39, 0.29) is 12.1 Å². The molecule has 2 nitrogen and oxygen atoms in total. The van der Waals surface area contributed by atoms with Crippen molar-refractivity contribution in [3.63, 3.8) is 0 Å². The van der Waals surface area contributed by atoms with Crippen molar-refractivity contribution in [3.8, 4) is 0 Å². The molecule has 0 heterocycles. The molecule has 112 valence electrons. The highest BCUT2D eigenvalue weighted by Gasteiger charge is 2.31. The van der Waals surface area contributed by atoms with Crippen molar-refractivity contribution in [1.29, 1.82) is 0 Å². The Bertz CT molecular complexity index is 459. The second-order valence-electron chi connectivity index (χ2n) is 5.39. The minimum Gasteiger partial charge on any atom is -0.382 e. The summed E-state index contributed by atoms with van der Waals surface area (Å²) in [6, 6.07) is 4.02. The fraction of sp³-hybridized carbons (Fsp3) is 0.600. The van der Waals surface area contributed by atoms with Crippen LogP contribution in [0.1, 0.15) is 36.8 Å². The van der Waals surface area contributed by atoms with Crippen molar-refractivity contribution in [2.45, 2.75) is 50.9 Å². The first-order valence-corrected chi connectivity index (χ1v) is 6.87. The Balaban J connectivity index is 2.12. The average molecular weight is 287 g/mol. The van der Waals surface area contributed by atoms with Crippen LogP contribution in [0.4, 0.5) is 18.9 Å². The lowest BCUT2D eigenvalue weighted by Crippen LogP contribution is -2.31. The van der Waals surface area contributed by atoms with Gasteiger partial charge in [0, 0.05) is 18.8 Å². The van der Waals surface area contributed by atoms with Gasteiger partial charge >= 0.3 is 6.18 Å².